The van der Waals surface area contributed by atoms with Crippen molar-refractivity contribution in [2.24, 2.45) is 11.8 Å². The Hall–Kier alpha value is -2.41. The van der Waals surface area contributed by atoms with E-state index in [1.54, 1.807) is 13.0 Å². The van der Waals surface area contributed by atoms with Crippen LogP contribution in [0.25, 0.3) is 0 Å². The van der Waals surface area contributed by atoms with Gasteiger partial charge in [0.1, 0.15) is 6.11 Å². The molecule has 2 unspecified atom stereocenters. The predicted octanol–water partition coefficient (Wildman–Crippen LogP) is 1.77. The summed E-state index contributed by atoms with van der Waals surface area (Å²) in [5.74, 6) is -3.93. The van der Waals surface area contributed by atoms with Crippen LogP contribution in [0.3, 0.4) is 0 Å². The van der Waals surface area contributed by atoms with E-state index in [2.05, 4.69) is 4.74 Å². The van der Waals surface area contributed by atoms with Crippen LogP contribution >= 0.6 is 0 Å². The van der Waals surface area contributed by atoms with Crippen molar-refractivity contribution >= 4 is 17.5 Å². The Bertz CT molecular complexity index is 539. The number of terminal acetylenes is 1. The lowest BCUT2D eigenvalue weighted by molar-refractivity contribution is -0.150. The highest BCUT2D eigenvalue weighted by Gasteiger charge is 2.35. The van der Waals surface area contributed by atoms with Gasteiger partial charge in [-0.3, -0.25) is 9.59 Å². The molecule has 0 aliphatic carbocycles. The Balaban J connectivity index is 2.82. The maximum absolute atomic E-state index is 12.2. The fourth-order valence-corrected chi connectivity index (χ4v) is 1.95. The molecule has 0 fully saturated rings. The van der Waals surface area contributed by atoms with Crippen LogP contribution in [0.5, 0.6) is 0 Å². The van der Waals surface area contributed by atoms with Crippen LogP contribution in [0.2, 0.25) is 0 Å². The molecule has 0 radical (unpaired) electrons. The molecular formula is C16H16O4. The second-order valence-corrected chi connectivity index (χ2v) is 4.58. The number of carbonyl (C=O) groups excluding carboxylic acids is 3. The lowest BCUT2D eigenvalue weighted by atomic mass is 9.87. The summed E-state index contributed by atoms with van der Waals surface area (Å²) in [6.07, 6.45) is 7.00. The summed E-state index contributed by atoms with van der Waals surface area (Å²) in [5, 5.41) is 0. The first kappa shape index (κ1) is 15.6. The Morgan fingerprint density at radius 2 is 1.85 bits per heavy atom. The molecule has 104 valence electrons. The molecular weight excluding hydrogens is 256 g/mol. The lowest BCUT2D eigenvalue weighted by Gasteiger charge is -2.15. The lowest BCUT2D eigenvalue weighted by Crippen LogP contribution is -2.35. The molecule has 0 saturated carbocycles. The van der Waals surface area contributed by atoms with Crippen LogP contribution in [0.1, 0.15) is 19.4 Å². The van der Waals surface area contributed by atoms with Gasteiger partial charge in [0.25, 0.3) is 0 Å². The van der Waals surface area contributed by atoms with Crippen LogP contribution in [0.15, 0.2) is 30.3 Å². The van der Waals surface area contributed by atoms with Gasteiger partial charge in [-0.15, -0.1) is 0 Å². The quantitative estimate of drug-likeness (QED) is 0.450. The first-order chi connectivity index (χ1) is 9.47. The number of hydrogen-bond donors (Lipinski definition) is 0. The Kier molecular flexibility index (Phi) is 5.67. The van der Waals surface area contributed by atoms with Gasteiger partial charge in [-0.2, -0.15) is 0 Å². The molecule has 0 aromatic heterocycles. The number of Topliss-reactive ketones (excluding diaryl/α,β-unsaturated/α-hetero) is 2. The number of hydrogen-bond acceptors (Lipinski definition) is 4. The van der Waals surface area contributed by atoms with E-state index in [0.717, 1.165) is 5.56 Å². The fourth-order valence-electron chi connectivity index (χ4n) is 1.95. The fraction of sp³-hybridized carbons (Fsp3) is 0.312. The van der Waals surface area contributed by atoms with Crippen molar-refractivity contribution in [3.8, 4) is 12.5 Å². The first-order valence-corrected chi connectivity index (χ1v) is 6.21. The van der Waals surface area contributed by atoms with E-state index in [0.29, 0.717) is 6.42 Å². The molecule has 4 nitrogen and oxygen atoms in total. The van der Waals surface area contributed by atoms with E-state index >= 15 is 0 Å². The molecule has 4 heteroatoms. The Labute approximate surface area is 118 Å². The number of esters is 1. The van der Waals surface area contributed by atoms with Gasteiger partial charge in [0.05, 0.1) is 0 Å². The molecule has 0 amide bonds. The standard InChI is InChI=1S/C16H16O4/c1-4-20-16(19)14(12(3)17)15(18)11(2)10-13-8-6-5-7-9-13/h1,5-9,11,14H,10H2,2-3H3. The van der Waals surface area contributed by atoms with Crippen molar-refractivity contribution < 1.29 is 19.1 Å². The maximum Gasteiger partial charge on any atom is 0.338 e. The van der Waals surface area contributed by atoms with Crippen LogP contribution in [0.4, 0.5) is 0 Å². The summed E-state index contributed by atoms with van der Waals surface area (Å²) in [4.78, 5) is 35.3. The predicted molar refractivity (Wildman–Crippen MR) is 73.4 cm³/mol. The molecule has 2 atom stereocenters. The molecule has 0 heterocycles. The average Bonchev–Trinajstić information content (AvgIpc) is 2.39. The van der Waals surface area contributed by atoms with Crippen LogP contribution < -0.4 is 0 Å². The van der Waals surface area contributed by atoms with E-state index in [-0.39, 0.29) is 0 Å². The molecule has 20 heavy (non-hydrogen) atoms. The van der Waals surface area contributed by atoms with E-state index in [4.69, 9.17) is 6.42 Å². The molecule has 0 bridgehead atoms. The number of ketones is 2. The molecule has 0 aliphatic heterocycles. The summed E-state index contributed by atoms with van der Waals surface area (Å²) in [6.45, 7) is 2.85. The third-order valence-electron chi connectivity index (χ3n) is 2.96. The Morgan fingerprint density at radius 1 is 1.25 bits per heavy atom. The highest BCUT2D eigenvalue weighted by atomic mass is 16.5. The van der Waals surface area contributed by atoms with Crippen molar-refractivity contribution in [2.45, 2.75) is 20.3 Å². The van der Waals surface area contributed by atoms with Gasteiger partial charge < -0.3 is 4.74 Å². The van der Waals surface area contributed by atoms with Gasteiger partial charge >= 0.3 is 5.97 Å². The van der Waals surface area contributed by atoms with Gasteiger partial charge in [-0.1, -0.05) is 43.7 Å². The molecule has 0 N–H and O–H groups in total. The highest BCUT2D eigenvalue weighted by Crippen LogP contribution is 2.16. The molecule has 1 aromatic carbocycles. The third kappa shape index (κ3) is 4.06. The van der Waals surface area contributed by atoms with E-state index < -0.39 is 29.4 Å². The van der Waals surface area contributed by atoms with Crippen molar-refractivity contribution in [1.29, 1.82) is 0 Å². The second kappa shape index (κ2) is 7.25. The molecule has 1 rings (SSSR count). The highest BCUT2D eigenvalue weighted by molar-refractivity contribution is 6.17. The number of rotatable bonds is 6. The average molecular weight is 272 g/mol. The van der Waals surface area contributed by atoms with E-state index in [9.17, 15) is 14.4 Å². The summed E-state index contributed by atoms with van der Waals surface area (Å²) in [7, 11) is 0. The van der Waals surface area contributed by atoms with Crippen LogP contribution in [-0.2, 0) is 25.5 Å². The third-order valence-corrected chi connectivity index (χ3v) is 2.96. The normalized spacial score (nSPS) is 12.8. The van der Waals surface area contributed by atoms with E-state index in [1.807, 2.05) is 30.3 Å². The zero-order valence-corrected chi connectivity index (χ0v) is 11.5. The minimum atomic E-state index is -1.44. The molecule has 0 aliphatic rings. The molecule has 1 aromatic rings. The van der Waals surface area contributed by atoms with Crippen LogP contribution in [-0.4, -0.2) is 17.5 Å². The molecule has 0 spiro atoms. The zero-order chi connectivity index (χ0) is 15.1. The van der Waals surface area contributed by atoms with Crippen molar-refractivity contribution in [3.05, 3.63) is 35.9 Å². The van der Waals surface area contributed by atoms with Gasteiger partial charge in [0, 0.05) is 5.92 Å². The largest absolute Gasteiger partial charge is 0.372 e. The Morgan fingerprint density at radius 3 is 2.35 bits per heavy atom. The van der Waals surface area contributed by atoms with Gasteiger partial charge in [-0.05, 0) is 18.9 Å². The SMILES string of the molecule is C#COC(=O)C(C(C)=O)C(=O)C(C)Cc1ccccc1. The minimum Gasteiger partial charge on any atom is -0.372 e. The number of benzene rings is 1. The number of ether oxygens (including phenoxy) is 1. The van der Waals surface area contributed by atoms with Gasteiger partial charge in [0.2, 0.25) is 0 Å². The zero-order valence-electron chi connectivity index (χ0n) is 11.5. The second-order valence-electron chi connectivity index (χ2n) is 4.58. The summed E-state index contributed by atoms with van der Waals surface area (Å²) in [6, 6.07) is 9.36. The van der Waals surface area contributed by atoms with Gasteiger partial charge in [-0.25, -0.2) is 4.79 Å². The molecule has 0 saturated heterocycles. The van der Waals surface area contributed by atoms with Crippen molar-refractivity contribution in [3.63, 3.8) is 0 Å². The first-order valence-electron chi connectivity index (χ1n) is 6.21. The topological polar surface area (TPSA) is 60.4 Å². The van der Waals surface area contributed by atoms with Crippen molar-refractivity contribution in [2.75, 3.05) is 0 Å². The van der Waals surface area contributed by atoms with E-state index in [1.165, 1.54) is 6.92 Å². The summed E-state index contributed by atoms with van der Waals surface area (Å²) in [5.41, 5.74) is 0.959. The van der Waals surface area contributed by atoms with Gasteiger partial charge in [0.15, 0.2) is 17.5 Å². The monoisotopic (exact) mass is 272 g/mol. The minimum absolute atomic E-state index is 0.451. The summed E-state index contributed by atoms with van der Waals surface area (Å²) < 4.78 is 4.33. The van der Waals surface area contributed by atoms with Crippen LogP contribution in [0, 0.1) is 24.4 Å². The van der Waals surface area contributed by atoms with Crippen molar-refractivity contribution in [1.82, 2.24) is 0 Å². The maximum atomic E-state index is 12.2. The smallest absolute Gasteiger partial charge is 0.338 e. The summed E-state index contributed by atoms with van der Waals surface area (Å²) >= 11 is 0. The number of carbonyl (C=O) groups is 3.